The lowest BCUT2D eigenvalue weighted by molar-refractivity contribution is -0.386. The van der Waals surface area contributed by atoms with Gasteiger partial charge >= 0.3 is 11.9 Å². The molecule has 17 heavy (non-hydrogen) atoms. The summed E-state index contributed by atoms with van der Waals surface area (Å²) in [6, 6.07) is 0.480. The number of halogens is 3. The van der Waals surface area contributed by atoms with Crippen LogP contribution in [0.4, 0.5) is 18.9 Å². The fourth-order valence-corrected chi connectivity index (χ4v) is 1.01. The summed E-state index contributed by atoms with van der Waals surface area (Å²) >= 11 is 0. The van der Waals surface area contributed by atoms with Crippen molar-refractivity contribution in [2.45, 2.75) is 6.18 Å². The van der Waals surface area contributed by atoms with Gasteiger partial charge in [0.1, 0.15) is 18.5 Å². The molecule has 0 bridgehead atoms. The second-order valence-corrected chi connectivity index (χ2v) is 2.93. The zero-order valence-electron chi connectivity index (χ0n) is 8.40. The molecule has 0 aliphatic rings. The van der Waals surface area contributed by atoms with Crippen LogP contribution in [0.5, 0.6) is 5.75 Å². The van der Waals surface area contributed by atoms with Crippen molar-refractivity contribution in [2.75, 3.05) is 13.2 Å². The van der Waals surface area contributed by atoms with Gasteiger partial charge in [0.15, 0.2) is 0 Å². The van der Waals surface area contributed by atoms with Crippen LogP contribution < -0.4 is 10.5 Å². The molecule has 1 heterocycles. The predicted molar refractivity (Wildman–Crippen MR) is 50.4 cm³/mol. The molecule has 0 amide bonds. The number of hydrogen-bond donors (Lipinski definition) is 1. The third kappa shape index (κ3) is 3.28. The van der Waals surface area contributed by atoms with Gasteiger partial charge in [0.2, 0.25) is 5.75 Å². The summed E-state index contributed by atoms with van der Waals surface area (Å²) in [5.41, 5.74) is 3.21. The molecule has 1 rings (SSSR count). The Morgan fingerprint density at radius 3 is 2.65 bits per heavy atom. The first-order valence-electron chi connectivity index (χ1n) is 4.40. The maximum atomic E-state index is 12.3. The van der Waals surface area contributed by atoms with Crippen LogP contribution in [0.3, 0.4) is 0 Å². The van der Waals surface area contributed by atoms with Gasteiger partial charge in [-0.15, -0.1) is 0 Å². The molecule has 1 aromatic heterocycles. The van der Waals surface area contributed by atoms with Gasteiger partial charge in [-0.05, 0) is 0 Å². The number of nitro groups is 1. The number of ether oxygens (including phenoxy) is 1. The van der Waals surface area contributed by atoms with Crippen LogP contribution in [-0.2, 0) is 6.18 Å². The molecule has 2 N–H and O–H groups in total. The lowest BCUT2D eigenvalue weighted by atomic mass is 10.3. The number of hydrogen-bond acceptors (Lipinski definition) is 5. The molecule has 0 aromatic carbocycles. The Balaban J connectivity index is 3.14. The second-order valence-electron chi connectivity index (χ2n) is 2.93. The van der Waals surface area contributed by atoms with Crippen molar-refractivity contribution in [1.29, 1.82) is 0 Å². The van der Waals surface area contributed by atoms with E-state index in [2.05, 4.69) is 4.98 Å². The van der Waals surface area contributed by atoms with E-state index in [0.717, 1.165) is 0 Å². The smallest absolute Gasteiger partial charge is 0.433 e. The van der Waals surface area contributed by atoms with Crippen LogP contribution in [0, 0.1) is 10.1 Å². The van der Waals surface area contributed by atoms with Crippen molar-refractivity contribution in [3.05, 3.63) is 28.1 Å². The van der Waals surface area contributed by atoms with E-state index >= 15 is 0 Å². The minimum atomic E-state index is -4.68. The molecule has 0 fully saturated rings. The van der Waals surface area contributed by atoms with Gasteiger partial charge in [-0.1, -0.05) is 0 Å². The average molecular weight is 251 g/mol. The SMILES string of the molecule is NCCOc1cc(C(F)(F)F)ncc1[N+](=O)[O-]. The molecule has 0 aliphatic heterocycles. The molecule has 0 spiro atoms. The third-order valence-corrected chi connectivity index (χ3v) is 1.71. The van der Waals surface area contributed by atoms with Crippen LogP contribution in [0.1, 0.15) is 5.69 Å². The van der Waals surface area contributed by atoms with Gasteiger partial charge < -0.3 is 10.5 Å². The minimum absolute atomic E-state index is 0.0286. The van der Waals surface area contributed by atoms with Crippen LogP contribution >= 0.6 is 0 Å². The summed E-state index contributed by atoms with van der Waals surface area (Å²) in [5, 5.41) is 10.5. The van der Waals surface area contributed by atoms with E-state index in [1.807, 2.05) is 0 Å². The van der Waals surface area contributed by atoms with Gasteiger partial charge in [-0.2, -0.15) is 13.2 Å². The number of aromatic nitrogens is 1. The lowest BCUT2D eigenvalue weighted by Gasteiger charge is -2.09. The third-order valence-electron chi connectivity index (χ3n) is 1.71. The molecule has 0 atom stereocenters. The molecule has 94 valence electrons. The monoisotopic (exact) mass is 251 g/mol. The van der Waals surface area contributed by atoms with E-state index in [1.165, 1.54) is 0 Å². The Labute approximate surface area is 93.3 Å². The quantitative estimate of drug-likeness (QED) is 0.644. The molecule has 0 aliphatic carbocycles. The van der Waals surface area contributed by atoms with Crippen LogP contribution in [0.25, 0.3) is 0 Å². The van der Waals surface area contributed by atoms with Gasteiger partial charge in [0.05, 0.1) is 4.92 Å². The fourth-order valence-electron chi connectivity index (χ4n) is 1.01. The van der Waals surface area contributed by atoms with Crippen LogP contribution in [0.15, 0.2) is 12.3 Å². The Morgan fingerprint density at radius 1 is 1.53 bits per heavy atom. The Hall–Kier alpha value is -1.90. The molecule has 0 saturated heterocycles. The highest BCUT2D eigenvalue weighted by Crippen LogP contribution is 2.34. The summed E-state index contributed by atoms with van der Waals surface area (Å²) in [6.07, 6.45) is -4.18. The zero-order chi connectivity index (χ0) is 13.1. The first-order chi connectivity index (χ1) is 7.86. The topological polar surface area (TPSA) is 91.3 Å². The second kappa shape index (κ2) is 4.95. The number of rotatable bonds is 4. The largest absolute Gasteiger partial charge is 0.485 e. The fraction of sp³-hybridized carbons (Fsp3) is 0.375. The summed E-state index contributed by atoms with van der Waals surface area (Å²) in [6.45, 7) is -0.0943. The molecule has 0 radical (unpaired) electrons. The Bertz CT molecular complexity index is 422. The zero-order valence-corrected chi connectivity index (χ0v) is 8.40. The van der Waals surface area contributed by atoms with E-state index in [1.54, 1.807) is 0 Å². The Kier molecular flexibility index (Phi) is 3.84. The van der Waals surface area contributed by atoms with E-state index < -0.39 is 28.2 Å². The summed E-state index contributed by atoms with van der Waals surface area (Å²) in [7, 11) is 0. The molecule has 6 nitrogen and oxygen atoms in total. The highest BCUT2D eigenvalue weighted by molar-refractivity contribution is 5.45. The number of pyridine rings is 1. The number of nitrogens with two attached hydrogens (primary N) is 1. The van der Waals surface area contributed by atoms with Crippen molar-refractivity contribution < 1.29 is 22.8 Å². The van der Waals surface area contributed by atoms with Gasteiger partial charge in [0.25, 0.3) is 0 Å². The lowest BCUT2D eigenvalue weighted by Crippen LogP contribution is -2.13. The van der Waals surface area contributed by atoms with Gasteiger partial charge in [0, 0.05) is 12.6 Å². The van der Waals surface area contributed by atoms with E-state index in [0.29, 0.717) is 12.3 Å². The maximum absolute atomic E-state index is 12.3. The van der Waals surface area contributed by atoms with E-state index in [4.69, 9.17) is 10.5 Å². The predicted octanol–water partition coefficient (Wildman–Crippen LogP) is 1.35. The van der Waals surface area contributed by atoms with Crippen molar-refractivity contribution >= 4 is 5.69 Å². The molecule has 0 unspecified atom stereocenters. The van der Waals surface area contributed by atoms with Gasteiger partial charge in [-0.3, -0.25) is 10.1 Å². The standard InChI is InChI=1S/C8H8F3N3O3/c9-8(10,11)7-3-6(17-2-1-12)5(4-13-7)14(15)16/h3-4H,1-2,12H2. The van der Waals surface area contributed by atoms with Crippen molar-refractivity contribution in [3.63, 3.8) is 0 Å². The normalized spacial score (nSPS) is 11.3. The summed E-state index contributed by atoms with van der Waals surface area (Å²) < 4.78 is 41.7. The van der Waals surface area contributed by atoms with Crippen LogP contribution in [0.2, 0.25) is 0 Å². The van der Waals surface area contributed by atoms with Gasteiger partial charge in [-0.25, -0.2) is 4.98 Å². The highest BCUT2D eigenvalue weighted by atomic mass is 19.4. The Morgan fingerprint density at radius 2 is 2.18 bits per heavy atom. The number of alkyl halides is 3. The summed E-state index contributed by atoms with van der Waals surface area (Å²) in [4.78, 5) is 12.6. The first-order valence-corrected chi connectivity index (χ1v) is 4.40. The average Bonchev–Trinajstić information content (AvgIpc) is 2.24. The first kappa shape index (κ1) is 13.2. The highest BCUT2D eigenvalue weighted by Gasteiger charge is 2.34. The maximum Gasteiger partial charge on any atom is 0.433 e. The van der Waals surface area contributed by atoms with Crippen molar-refractivity contribution in [3.8, 4) is 5.75 Å². The molecule has 0 saturated carbocycles. The minimum Gasteiger partial charge on any atom is -0.485 e. The van der Waals surface area contributed by atoms with Crippen LogP contribution in [-0.4, -0.2) is 23.1 Å². The number of nitrogens with zero attached hydrogens (tertiary/aromatic N) is 2. The van der Waals surface area contributed by atoms with Crippen molar-refractivity contribution in [2.24, 2.45) is 5.73 Å². The molecular weight excluding hydrogens is 243 g/mol. The van der Waals surface area contributed by atoms with E-state index in [9.17, 15) is 23.3 Å². The van der Waals surface area contributed by atoms with Crippen molar-refractivity contribution in [1.82, 2.24) is 4.98 Å². The molecule has 1 aromatic rings. The molecular formula is C8H8F3N3O3. The van der Waals surface area contributed by atoms with E-state index in [-0.39, 0.29) is 13.2 Å². The summed E-state index contributed by atoms with van der Waals surface area (Å²) in [5.74, 6) is -0.497. The molecule has 9 heteroatoms.